The first kappa shape index (κ1) is 23.5. The Labute approximate surface area is 138 Å². The van der Waals surface area contributed by atoms with Crippen LogP contribution in [0.3, 0.4) is 0 Å². The van der Waals surface area contributed by atoms with Gasteiger partial charge in [-0.3, -0.25) is 14.5 Å². The molecular formula is C17H35NO3S. The summed E-state index contributed by atoms with van der Waals surface area (Å²) >= 11 is 0. The molecule has 0 radical (unpaired) electrons. The zero-order valence-electron chi connectivity index (χ0n) is 15.5. The second kappa shape index (κ2) is 11.7. The van der Waals surface area contributed by atoms with Crippen molar-refractivity contribution in [2.24, 2.45) is 0 Å². The summed E-state index contributed by atoms with van der Waals surface area (Å²) in [6, 6.07) is 0. The van der Waals surface area contributed by atoms with Crippen LogP contribution < -0.4 is 0 Å². The number of rotatable bonds is 9. The number of nitrogens with zero attached hydrogens (tertiary/aromatic N) is 1. The van der Waals surface area contributed by atoms with Crippen molar-refractivity contribution in [3.05, 3.63) is 12.7 Å². The quantitative estimate of drug-likeness (QED) is 0.362. The zero-order valence-corrected chi connectivity index (χ0v) is 16.3. The maximum absolute atomic E-state index is 11.3. The van der Waals surface area contributed by atoms with Gasteiger partial charge in [-0.2, -0.15) is 0 Å². The highest BCUT2D eigenvalue weighted by atomic mass is 32.3. The Hall–Kier alpha value is -0.810. The van der Waals surface area contributed by atoms with E-state index in [1.165, 1.54) is 0 Å². The Morgan fingerprint density at radius 1 is 1.18 bits per heavy atom. The molecule has 0 aliphatic heterocycles. The molecule has 0 heterocycles. The molecule has 22 heavy (non-hydrogen) atoms. The van der Waals surface area contributed by atoms with Crippen LogP contribution in [0.5, 0.6) is 0 Å². The predicted octanol–water partition coefficient (Wildman–Crippen LogP) is 4.15. The van der Waals surface area contributed by atoms with Gasteiger partial charge in [0.2, 0.25) is 6.41 Å². The van der Waals surface area contributed by atoms with E-state index in [1.54, 1.807) is 0 Å². The maximum atomic E-state index is 11.3. The molecular weight excluding hydrogens is 298 g/mol. The molecule has 0 aliphatic rings. The van der Waals surface area contributed by atoms with E-state index in [0.29, 0.717) is 13.0 Å². The van der Waals surface area contributed by atoms with E-state index in [0.717, 1.165) is 36.8 Å². The molecule has 4 nitrogen and oxygen atoms in total. The number of hydrogen-bond donors (Lipinski definition) is 0. The van der Waals surface area contributed by atoms with Crippen molar-refractivity contribution in [2.75, 3.05) is 25.7 Å². The highest BCUT2D eigenvalue weighted by molar-refractivity contribution is 8.29. The van der Waals surface area contributed by atoms with E-state index in [1.807, 2.05) is 13.8 Å². The Balaban J connectivity index is 0. The lowest BCUT2D eigenvalue weighted by atomic mass is 10.2. The average molecular weight is 334 g/mol. The third-order valence-electron chi connectivity index (χ3n) is 3.48. The summed E-state index contributed by atoms with van der Waals surface area (Å²) in [6.07, 6.45) is 8.77. The molecule has 0 spiro atoms. The van der Waals surface area contributed by atoms with Gasteiger partial charge in [0.1, 0.15) is 0 Å². The summed E-state index contributed by atoms with van der Waals surface area (Å²) in [7, 11) is -1.06. The van der Waals surface area contributed by atoms with Gasteiger partial charge < -0.3 is 4.18 Å². The summed E-state index contributed by atoms with van der Waals surface area (Å²) in [5.41, 5.74) is 0. The van der Waals surface area contributed by atoms with Crippen molar-refractivity contribution < 1.29 is 13.8 Å². The lowest BCUT2D eigenvalue weighted by Gasteiger charge is -2.43. The van der Waals surface area contributed by atoms with E-state index in [2.05, 4.69) is 39.9 Å². The van der Waals surface area contributed by atoms with Gasteiger partial charge in [0.15, 0.2) is 0 Å². The summed E-state index contributed by atoms with van der Waals surface area (Å²) in [4.78, 5) is 23.1. The van der Waals surface area contributed by atoms with Crippen molar-refractivity contribution in [3.63, 3.8) is 0 Å². The molecule has 0 N–H and O–H groups in total. The molecule has 0 saturated carbocycles. The van der Waals surface area contributed by atoms with Crippen molar-refractivity contribution in [1.82, 2.24) is 4.90 Å². The summed E-state index contributed by atoms with van der Waals surface area (Å²) < 4.78 is 6.19. The van der Waals surface area contributed by atoms with Crippen LogP contribution in [-0.2, 0) is 13.8 Å². The lowest BCUT2D eigenvalue weighted by Crippen LogP contribution is -2.28. The zero-order chi connectivity index (χ0) is 17.8. The molecule has 0 unspecified atom stereocenters. The lowest BCUT2D eigenvalue weighted by molar-refractivity contribution is -0.134. The molecule has 0 fully saturated rings. The standard InChI is InChI=1S/C15H29NO3S.C2H6/c1-7-14(18)16(13-17)11-9-8-10-12-19-20(5,6)15(2,3)4;1-2/h7,13H,1,8-12H2,2-6H3;1-2H3. The minimum absolute atomic E-state index is 0.178. The number of unbranched alkanes of at least 4 members (excludes halogenated alkanes) is 2. The Morgan fingerprint density at radius 3 is 2.14 bits per heavy atom. The van der Waals surface area contributed by atoms with Gasteiger partial charge in [0.25, 0.3) is 5.91 Å². The monoisotopic (exact) mass is 333 g/mol. The first-order valence-electron chi connectivity index (χ1n) is 7.91. The van der Waals surface area contributed by atoms with E-state index >= 15 is 0 Å². The number of hydrogen-bond acceptors (Lipinski definition) is 3. The van der Waals surface area contributed by atoms with E-state index in [-0.39, 0.29) is 10.7 Å². The fourth-order valence-electron chi connectivity index (χ4n) is 1.34. The molecule has 0 rings (SSSR count). The average Bonchev–Trinajstić information content (AvgIpc) is 2.46. The summed E-state index contributed by atoms with van der Waals surface area (Å²) in [5.74, 6) is -0.338. The van der Waals surface area contributed by atoms with E-state index in [9.17, 15) is 9.59 Å². The van der Waals surface area contributed by atoms with E-state index in [4.69, 9.17) is 4.18 Å². The van der Waals surface area contributed by atoms with E-state index < -0.39 is 10.3 Å². The molecule has 0 aliphatic carbocycles. The first-order chi connectivity index (χ1) is 10.2. The second-order valence-electron chi connectivity index (χ2n) is 6.07. The van der Waals surface area contributed by atoms with Crippen molar-refractivity contribution >= 4 is 22.6 Å². The molecule has 2 amide bonds. The molecule has 132 valence electrons. The largest absolute Gasteiger partial charge is 0.337 e. The van der Waals surface area contributed by atoms with Crippen LogP contribution in [0, 0.1) is 0 Å². The molecule has 0 aromatic heterocycles. The Kier molecular flexibility index (Phi) is 12.5. The van der Waals surface area contributed by atoms with Crippen LogP contribution in [0.1, 0.15) is 53.9 Å². The van der Waals surface area contributed by atoms with Crippen molar-refractivity contribution in [3.8, 4) is 0 Å². The van der Waals surface area contributed by atoms with Crippen LogP contribution in [0.25, 0.3) is 0 Å². The van der Waals surface area contributed by atoms with Crippen LogP contribution in [-0.4, -0.2) is 47.6 Å². The van der Waals surface area contributed by atoms with Gasteiger partial charge >= 0.3 is 0 Å². The predicted molar refractivity (Wildman–Crippen MR) is 98.3 cm³/mol. The van der Waals surface area contributed by atoms with Gasteiger partial charge in [-0.05, 0) is 37.9 Å². The van der Waals surface area contributed by atoms with Gasteiger partial charge in [-0.25, -0.2) is 0 Å². The summed E-state index contributed by atoms with van der Waals surface area (Å²) in [6.45, 7) is 15.1. The fourth-order valence-corrected chi connectivity index (χ4v) is 2.23. The SMILES string of the molecule is C=CC(=O)N(C=O)CCCCCOS(C)(C)C(C)(C)C.CC. The maximum Gasteiger partial charge on any atom is 0.252 e. The minimum atomic E-state index is -1.06. The molecule has 0 aromatic rings. The first-order valence-corrected chi connectivity index (χ1v) is 10.3. The van der Waals surface area contributed by atoms with Crippen LogP contribution in [0.2, 0.25) is 0 Å². The topological polar surface area (TPSA) is 46.6 Å². The van der Waals surface area contributed by atoms with Gasteiger partial charge in [-0.1, -0.05) is 41.2 Å². The minimum Gasteiger partial charge on any atom is -0.337 e. The normalized spacial score (nSPS) is 12.0. The highest BCUT2D eigenvalue weighted by Gasteiger charge is 2.28. The van der Waals surface area contributed by atoms with Gasteiger partial charge in [-0.15, -0.1) is 10.3 Å². The van der Waals surface area contributed by atoms with Crippen LogP contribution in [0.4, 0.5) is 0 Å². The van der Waals surface area contributed by atoms with Crippen molar-refractivity contribution in [1.29, 1.82) is 0 Å². The molecule has 0 atom stereocenters. The van der Waals surface area contributed by atoms with Crippen LogP contribution in [0.15, 0.2) is 12.7 Å². The third kappa shape index (κ3) is 9.26. The Bertz CT molecular complexity index is 335. The smallest absolute Gasteiger partial charge is 0.252 e. The van der Waals surface area contributed by atoms with Gasteiger partial charge in [0, 0.05) is 11.3 Å². The fraction of sp³-hybridized carbons (Fsp3) is 0.765. The number of carbonyl (C=O) groups is 2. The van der Waals surface area contributed by atoms with Gasteiger partial charge in [0.05, 0.1) is 6.61 Å². The van der Waals surface area contributed by atoms with Crippen molar-refractivity contribution in [2.45, 2.75) is 58.6 Å². The second-order valence-corrected chi connectivity index (χ2v) is 10.00. The number of carbonyl (C=O) groups excluding carboxylic acids is 2. The molecule has 0 aromatic carbocycles. The third-order valence-corrected chi connectivity index (χ3v) is 7.19. The highest BCUT2D eigenvalue weighted by Crippen LogP contribution is 2.53. The summed E-state index contributed by atoms with van der Waals surface area (Å²) in [5, 5.41) is 0. The Morgan fingerprint density at radius 2 is 1.73 bits per heavy atom. The molecule has 0 bridgehead atoms. The van der Waals surface area contributed by atoms with Crippen LogP contribution >= 0.6 is 10.3 Å². The number of imide groups is 1. The number of amides is 2. The molecule has 5 heteroatoms. The molecule has 0 saturated heterocycles.